The van der Waals surface area contributed by atoms with Crippen LogP contribution in [0.2, 0.25) is 0 Å². The molecule has 15 heavy (non-hydrogen) atoms. The molecule has 0 unspecified atom stereocenters. The van der Waals surface area contributed by atoms with Gasteiger partial charge in [0.25, 0.3) is 0 Å². The number of carbonyl (C=O) groups excluding carboxylic acids is 1. The maximum atomic E-state index is 11.8. The molecule has 1 amide bonds. The van der Waals surface area contributed by atoms with E-state index in [9.17, 15) is 4.79 Å². The minimum Gasteiger partial charge on any atom is -0.346 e. The summed E-state index contributed by atoms with van der Waals surface area (Å²) in [5.41, 5.74) is 0.851. The number of halogens is 1. The fraction of sp³-hybridized carbons (Fsp3) is 0.400. The SMILES string of the molecule is C[C@@H]1C(=O)N(C)c2ccc(Br)nc2N1C. The van der Waals surface area contributed by atoms with E-state index in [0.29, 0.717) is 0 Å². The fourth-order valence-electron chi connectivity index (χ4n) is 1.69. The molecule has 80 valence electrons. The number of hydrogen-bond donors (Lipinski definition) is 0. The van der Waals surface area contributed by atoms with Gasteiger partial charge in [0.05, 0.1) is 5.69 Å². The van der Waals surface area contributed by atoms with Crippen LogP contribution in [0.25, 0.3) is 0 Å². The summed E-state index contributed by atoms with van der Waals surface area (Å²) in [5, 5.41) is 0. The van der Waals surface area contributed by atoms with Crippen molar-refractivity contribution < 1.29 is 4.79 Å². The lowest BCUT2D eigenvalue weighted by molar-refractivity contribution is -0.119. The third-order valence-corrected chi connectivity index (χ3v) is 3.23. The van der Waals surface area contributed by atoms with Crippen molar-refractivity contribution in [1.82, 2.24) is 4.98 Å². The highest BCUT2D eigenvalue weighted by molar-refractivity contribution is 9.10. The Labute approximate surface area is 97.0 Å². The molecule has 0 aliphatic carbocycles. The van der Waals surface area contributed by atoms with Crippen LogP contribution in [0.15, 0.2) is 16.7 Å². The van der Waals surface area contributed by atoms with Crippen molar-refractivity contribution in [2.24, 2.45) is 0 Å². The van der Waals surface area contributed by atoms with Gasteiger partial charge in [0.15, 0.2) is 5.82 Å². The van der Waals surface area contributed by atoms with Crippen molar-refractivity contribution in [3.63, 3.8) is 0 Å². The van der Waals surface area contributed by atoms with Gasteiger partial charge in [-0.05, 0) is 35.0 Å². The van der Waals surface area contributed by atoms with E-state index in [1.807, 2.05) is 31.0 Å². The molecule has 0 saturated carbocycles. The molecule has 1 aliphatic rings. The zero-order valence-electron chi connectivity index (χ0n) is 8.86. The van der Waals surface area contributed by atoms with E-state index in [4.69, 9.17) is 0 Å². The summed E-state index contributed by atoms with van der Waals surface area (Å²) in [6, 6.07) is 3.57. The van der Waals surface area contributed by atoms with Crippen LogP contribution in [0.4, 0.5) is 11.5 Å². The largest absolute Gasteiger partial charge is 0.346 e. The average Bonchev–Trinajstić information content (AvgIpc) is 2.23. The van der Waals surface area contributed by atoms with Crippen LogP contribution in [0.3, 0.4) is 0 Å². The minimum atomic E-state index is -0.163. The van der Waals surface area contributed by atoms with E-state index in [0.717, 1.165) is 16.1 Å². The van der Waals surface area contributed by atoms with Gasteiger partial charge in [0.2, 0.25) is 5.91 Å². The Bertz CT molecular complexity index is 421. The van der Waals surface area contributed by atoms with Crippen molar-refractivity contribution in [3.05, 3.63) is 16.7 Å². The highest BCUT2D eigenvalue weighted by atomic mass is 79.9. The van der Waals surface area contributed by atoms with Crippen LogP contribution >= 0.6 is 15.9 Å². The standard InChI is InChI=1S/C10H12BrN3O/c1-6-10(15)14(3)7-4-5-8(11)12-9(7)13(6)2/h4-6H,1-3H3/t6-/m1/s1. The molecule has 1 aromatic heterocycles. The number of rotatable bonds is 0. The summed E-state index contributed by atoms with van der Waals surface area (Å²) >= 11 is 3.33. The first-order valence-electron chi connectivity index (χ1n) is 4.69. The molecule has 1 aromatic rings. The number of likely N-dealkylation sites (N-methyl/N-ethyl adjacent to an activating group) is 2. The predicted octanol–water partition coefficient (Wildman–Crippen LogP) is 1.65. The van der Waals surface area contributed by atoms with Gasteiger partial charge in [-0.25, -0.2) is 4.98 Å². The summed E-state index contributed by atoms with van der Waals surface area (Å²) in [6.45, 7) is 1.88. The first-order valence-corrected chi connectivity index (χ1v) is 5.48. The second kappa shape index (κ2) is 3.48. The van der Waals surface area contributed by atoms with Crippen molar-refractivity contribution in [2.45, 2.75) is 13.0 Å². The number of aromatic nitrogens is 1. The van der Waals surface area contributed by atoms with Crippen LogP contribution in [-0.2, 0) is 4.79 Å². The Morgan fingerprint density at radius 2 is 2.07 bits per heavy atom. The Morgan fingerprint density at radius 3 is 2.73 bits per heavy atom. The lowest BCUT2D eigenvalue weighted by Crippen LogP contribution is -2.49. The summed E-state index contributed by atoms with van der Waals surface area (Å²) in [4.78, 5) is 19.8. The van der Waals surface area contributed by atoms with Crippen molar-refractivity contribution >= 4 is 33.3 Å². The Kier molecular flexibility index (Phi) is 2.42. The Hall–Kier alpha value is -1.10. The van der Waals surface area contributed by atoms with Gasteiger partial charge in [-0.1, -0.05) is 0 Å². The second-order valence-corrected chi connectivity index (χ2v) is 4.47. The first-order chi connectivity index (χ1) is 7.02. The topological polar surface area (TPSA) is 36.4 Å². The number of carbonyl (C=O) groups is 1. The van der Waals surface area contributed by atoms with E-state index < -0.39 is 0 Å². The normalized spacial score (nSPS) is 20.5. The number of fused-ring (bicyclic) bond motifs is 1. The van der Waals surface area contributed by atoms with Gasteiger partial charge < -0.3 is 9.80 Å². The monoisotopic (exact) mass is 269 g/mol. The van der Waals surface area contributed by atoms with Gasteiger partial charge in [-0.3, -0.25) is 4.79 Å². The van der Waals surface area contributed by atoms with Crippen LogP contribution in [0.5, 0.6) is 0 Å². The molecule has 5 heteroatoms. The van der Waals surface area contributed by atoms with E-state index in [1.165, 1.54) is 0 Å². The van der Waals surface area contributed by atoms with E-state index in [2.05, 4.69) is 20.9 Å². The molecular formula is C10H12BrN3O. The van der Waals surface area contributed by atoms with Crippen LogP contribution < -0.4 is 9.80 Å². The maximum absolute atomic E-state index is 11.8. The molecule has 0 bridgehead atoms. The number of amides is 1. The molecule has 0 aromatic carbocycles. The second-order valence-electron chi connectivity index (χ2n) is 3.66. The van der Waals surface area contributed by atoms with E-state index in [-0.39, 0.29) is 11.9 Å². The van der Waals surface area contributed by atoms with Crippen molar-refractivity contribution in [2.75, 3.05) is 23.9 Å². The van der Waals surface area contributed by atoms with Gasteiger partial charge in [0.1, 0.15) is 10.6 Å². The molecule has 1 atom stereocenters. The highest BCUT2D eigenvalue weighted by Crippen LogP contribution is 2.33. The Morgan fingerprint density at radius 1 is 1.40 bits per heavy atom. The number of pyridine rings is 1. The molecule has 2 heterocycles. The average molecular weight is 270 g/mol. The van der Waals surface area contributed by atoms with Crippen LogP contribution in [0.1, 0.15) is 6.92 Å². The molecule has 0 saturated heterocycles. The molecule has 0 radical (unpaired) electrons. The Balaban J connectivity index is 2.58. The van der Waals surface area contributed by atoms with Crippen LogP contribution in [-0.4, -0.2) is 31.0 Å². The molecule has 2 rings (SSSR count). The van der Waals surface area contributed by atoms with Gasteiger partial charge in [-0.2, -0.15) is 0 Å². The number of anilines is 2. The fourth-order valence-corrected chi connectivity index (χ4v) is 1.99. The quantitative estimate of drug-likeness (QED) is 0.672. The zero-order chi connectivity index (χ0) is 11.2. The summed E-state index contributed by atoms with van der Waals surface area (Å²) < 4.78 is 0.781. The lowest BCUT2D eigenvalue weighted by atomic mass is 10.1. The van der Waals surface area contributed by atoms with Crippen LogP contribution in [0, 0.1) is 0 Å². The third-order valence-electron chi connectivity index (χ3n) is 2.78. The highest BCUT2D eigenvalue weighted by Gasteiger charge is 2.32. The molecular weight excluding hydrogens is 258 g/mol. The first kappa shape index (κ1) is 10.4. The minimum absolute atomic E-state index is 0.0918. The van der Waals surface area contributed by atoms with Gasteiger partial charge in [-0.15, -0.1) is 0 Å². The summed E-state index contributed by atoms with van der Waals surface area (Å²) in [7, 11) is 3.66. The molecule has 0 fully saturated rings. The van der Waals surface area contributed by atoms with Gasteiger partial charge in [0, 0.05) is 14.1 Å². The van der Waals surface area contributed by atoms with Crippen molar-refractivity contribution in [3.8, 4) is 0 Å². The van der Waals surface area contributed by atoms with E-state index in [1.54, 1.807) is 11.9 Å². The summed E-state index contributed by atoms with van der Waals surface area (Å²) in [5.74, 6) is 0.924. The van der Waals surface area contributed by atoms with Gasteiger partial charge >= 0.3 is 0 Å². The number of hydrogen-bond acceptors (Lipinski definition) is 3. The maximum Gasteiger partial charge on any atom is 0.249 e. The van der Waals surface area contributed by atoms with E-state index >= 15 is 0 Å². The lowest BCUT2D eigenvalue weighted by Gasteiger charge is -2.36. The molecule has 1 aliphatic heterocycles. The van der Waals surface area contributed by atoms with Crippen molar-refractivity contribution in [1.29, 1.82) is 0 Å². The third kappa shape index (κ3) is 1.51. The molecule has 0 N–H and O–H groups in total. The smallest absolute Gasteiger partial charge is 0.249 e. The summed E-state index contributed by atoms with van der Waals surface area (Å²) in [6.07, 6.45) is 0. The predicted molar refractivity (Wildman–Crippen MR) is 63.2 cm³/mol. The molecule has 0 spiro atoms. The molecule has 4 nitrogen and oxygen atoms in total. The zero-order valence-corrected chi connectivity index (χ0v) is 10.4. The number of nitrogens with zero attached hydrogens (tertiary/aromatic N) is 3.